The van der Waals surface area contributed by atoms with Crippen molar-refractivity contribution in [2.75, 3.05) is 41.0 Å². The second kappa shape index (κ2) is 10.8. The normalized spacial score (nSPS) is 15.3. The molecule has 0 saturated heterocycles. The predicted octanol–water partition coefficient (Wildman–Crippen LogP) is 2.88. The molecule has 0 unspecified atom stereocenters. The fourth-order valence-electron chi connectivity index (χ4n) is 3.59. The minimum absolute atomic E-state index is 0.0692. The molecule has 8 heteroatoms. The van der Waals surface area contributed by atoms with Gasteiger partial charge in [-0.25, -0.2) is 5.01 Å². The molecule has 32 heavy (non-hydrogen) atoms. The Bertz CT molecular complexity index is 974. The van der Waals surface area contributed by atoms with Crippen LogP contribution < -0.4 is 9.47 Å². The van der Waals surface area contributed by atoms with Crippen molar-refractivity contribution in [3.05, 3.63) is 59.7 Å². The zero-order valence-electron chi connectivity index (χ0n) is 18.9. The third kappa shape index (κ3) is 5.45. The van der Waals surface area contributed by atoms with Crippen LogP contribution in [0.15, 0.2) is 53.6 Å². The Kier molecular flexibility index (Phi) is 7.83. The number of rotatable bonds is 9. The van der Waals surface area contributed by atoms with Gasteiger partial charge in [0.1, 0.15) is 18.0 Å². The molecule has 3 rings (SSSR count). The highest BCUT2D eigenvalue weighted by Gasteiger charge is 2.34. The molecule has 1 aliphatic heterocycles. The van der Waals surface area contributed by atoms with Crippen molar-refractivity contribution in [1.82, 2.24) is 9.91 Å². The Hall–Kier alpha value is -3.39. The van der Waals surface area contributed by atoms with E-state index in [-0.39, 0.29) is 24.4 Å². The summed E-state index contributed by atoms with van der Waals surface area (Å²) in [6, 6.07) is 14.9. The standard InChI is InChI=1S/C24H29N3O5/c1-17(28)26(12-13-30-2)16-24(29)27-23(18-8-10-20(31-3)11-9-18)15-22(25-27)19-6-5-7-21(14-19)32-4/h5-11,14,23H,12-13,15-16H2,1-4H3/t23-/m1/s1. The van der Waals surface area contributed by atoms with Crippen molar-refractivity contribution in [1.29, 1.82) is 0 Å². The summed E-state index contributed by atoms with van der Waals surface area (Å²) in [5, 5.41) is 6.16. The van der Waals surface area contributed by atoms with Gasteiger partial charge in [0, 0.05) is 32.6 Å². The molecule has 0 aliphatic carbocycles. The summed E-state index contributed by atoms with van der Waals surface area (Å²) < 4.78 is 15.7. The van der Waals surface area contributed by atoms with Crippen LogP contribution in [0.2, 0.25) is 0 Å². The van der Waals surface area contributed by atoms with E-state index < -0.39 is 0 Å². The van der Waals surface area contributed by atoms with Crippen molar-refractivity contribution in [3.63, 3.8) is 0 Å². The lowest BCUT2D eigenvalue weighted by atomic mass is 9.98. The first-order valence-electron chi connectivity index (χ1n) is 10.4. The Morgan fingerprint density at radius 2 is 1.78 bits per heavy atom. The SMILES string of the molecule is COCCN(CC(=O)N1N=C(c2cccc(OC)c2)C[C@@H]1c1ccc(OC)cc1)C(C)=O. The molecule has 0 saturated carbocycles. The van der Waals surface area contributed by atoms with Crippen LogP contribution in [0.4, 0.5) is 0 Å². The third-order valence-electron chi connectivity index (χ3n) is 5.41. The van der Waals surface area contributed by atoms with Crippen molar-refractivity contribution in [2.45, 2.75) is 19.4 Å². The van der Waals surface area contributed by atoms with Crippen LogP contribution in [0.1, 0.15) is 30.5 Å². The number of hydrogen-bond donors (Lipinski definition) is 0. The minimum atomic E-state index is -0.286. The topological polar surface area (TPSA) is 80.7 Å². The molecule has 0 spiro atoms. The summed E-state index contributed by atoms with van der Waals surface area (Å²) in [5.74, 6) is 1.02. The molecule has 0 N–H and O–H groups in total. The number of carbonyl (C=O) groups excluding carboxylic acids is 2. The van der Waals surface area contributed by atoms with E-state index in [4.69, 9.17) is 14.2 Å². The molecular weight excluding hydrogens is 410 g/mol. The monoisotopic (exact) mass is 439 g/mol. The van der Waals surface area contributed by atoms with Gasteiger partial charge in [-0.1, -0.05) is 24.3 Å². The molecule has 0 radical (unpaired) electrons. The largest absolute Gasteiger partial charge is 0.497 e. The summed E-state index contributed by atoms with van der Waals surface area (Å²) in [4.78, 5) is 26.7. The van der Waals surface area contributed by atoms with Crippen molar-refractivity contribution in [2.24, 2.45) is 5.10 Å². The number of benzene rings is 2. The minimum Gasteiger partial charge on any atom is -0.497 e. The zero-order chi connectivity index (χ0) is 23.1. The molecular formula is C24H29N3O5. The van der Waals surface area contributed by atoms with Crippen molar-refractivity contribution < 1.29 is 23.8 Å². The summed E-state index contributed by atoms with van der Waals surface area (Å²) in [7, 11) is 4.79. The number of carbonyl (C=O) groups is 2. The summed E-state index contributed by atoms with van der Waals surface area (Å²) in [6.45, 7) is 2.07. The summed E-state index contributed by atoms with van der Waals surface area (Å²) >= 11 is 0. The van der Waals surface area contributed by atoms with Crippen LogP contribution in [-0.2, 0) is 14.3 Å². The molecule has 2 amide bonds. The summed E-state index contributed by atoms with van der Waals surface area (Å²) in [6.07, 6.45) is 0.545. The van der Waals surface area contributed by atoms with Gasteiger partial charge >= 0.3 is 0 Å². The van der Waals surface area contributed by atoms with Gasteiger partial charge in [0.05, 0.1) is 32.6 Å². The first-order chi connectivity index (χ1) is 15.5. The first-order valence-corrected chi connectivity index (χ1v) is 10.4. The smallest absolute Gasteiger partial charge is 0.262 e. The van der Waals surface area contributed by atoms with E-state index >= 15 is 0 Å². The molecule has 0 bridgehead atoms. The second-order valence-corrected chi connectivity index (χ2v) is 7.44. The van der Waals surface area contributed by atoms with Gasteiger partial charge in [-0.2, -0.15) is 5.10 Å². The number of hydrazone groups is 1. The Morgan fingerprint density at radius 3 is 2.41 bits per heavy atom. The van der Waals surface area contributed by atoms with Crippen LogP contribution in [0.3, 0.4) is 0 Å². The van der Waals surface area contributed by atoms with E-state index in [9.17, 15) is 9.59 Å². The summed E-state index contributed by atoms with van der Waals surface area (Å²) in [5.41, 5.74) is 2.61. The molecule has 2 aromatic rings. The second-order valence-electron chi connectivity index (χ2n) is 7.44. The van der Waals surface area contributed by atoms with E-state index in [1.165, 1.54) is 16.8 Å². The third-order valence-corrected chi connectivity index (χ3v) is 5.41. The lowest BCUT2D eigenvalue weighted by molar-refractivity contribution is -0.141. The molecule has 1 heterocycles. The van der Waals surface area contributed by atoms with Gasteiger partial charge in [-0.15, -0.1) is 0 Å². The van der Waals surface area contributed by atoms with Crippen molar-refractivity contribution >= 4 is 17.5 Å². The van der Waals surface area contributed by atoms with E-state index in [0.29, 0.717) is 19.6 Å². The Balaban J connectivity index is 1.90. The number of nitrogens with zero attached hydrogens (tertiary/aromatic N) is 3. The maximum absolute atomic E-state index is 13.3. The molecule has 0 aromatic heterocycles. The van der Waals surface area contributed by atoms with E-state index in [1.807, 2.05) is 48.5 Å². The first kappa shape index (κ1) is 23.3. The highest BCUT2D eigenvalue weighted by Crippen LogP contribution is 2.34. The van der Waals surface area contributed by atoms with Crippen LogP contribution >= 0.6 is 0 Å². The number of hydrogen-bond acceptors (Lipinski definition) is 6. The van der Waals surface area contributed by atoms with E-state index in [1.54, 1.807) is 21.3 Å². The lowest BCUT2D eigenvalue weighted by Gasteiger charge is -2.26. The Labute approximate surface area is 188 Å². The fourth-order valence-corrected chi connectivity index (χ4v) is 3.59. The molecule has 1 aliphatic rings. The maximum Gasteiger partial charge on any atom is 0.262 e. The van der Waals surface area contributed by atoms with Crippen molar-refractivity contribution in [3.8, 4) is 11.5 Å². The van der Waals surface area contributed by atoms with E-state index in [2.05, 4.69) is 5.10 Å². The molecule has 8 nitrogen and oxygen atoms in total. The maximum atomic E-state index is 13.3. The Morgan fingerprint density at radius 1 is 1.06 bits per heavy atom. The highest BCUT2D eigenvalue weighted by molar-refractivity contribution is 6.03. The van der Waals surface area contributed by atoms with Crippen LogP contribution in [-0.4, -0.2) is 68.5 Å². The van der Waals surface area contributed by atoms with E-state index in [0.717, 1.165) is 28.3 Å². The highest BCUT2D eigenvalue weighted by atomic mass is 16.5. The number of amides is 2. The van der Waals surface area contributed by atoms with Gasteiger partial charge in [0.25, 0.3) is 5.91 Å². The van der Waals surface area contributed by atoms with Gasteiger partial charge < -0.3 is 19.1 Å². The predicted molar refractivity (Wildman–Crippen MR) is 121 cm³/mol. The molecule has 1 atom stereocenters. The van der Waals surface area contributed by atoms with Gasteiger partial charge in [0.2, 0.25) is 5.91 Å². The average Bonchev–Trinajstić information content (AvgIpc) is 3.27. The van der Waals surface area contributed by atoms with Gasteiger partial charge in [0.15, 0.2) is 0 Å². The molecule has 2 aromatic carbocycles. The van der Waals surface area contributed by atoms with Crippen LogP contribution in [0, 0.1) is 0 Å². The number of methoxy groups -OCH3 is 3. The van der Waals surface area contributed by atoms with Crippen LogP contribution in [0.25, 0.3) is 0 Å². The zero-order valence-corrected chi connectivity index (χ0v) is 18.9. The quantitative estimate of drug-likeness (QED) is 0.600. The van der Waals surface area contributed by atoms with Gasteiger partial charge in [-0.3, -0.25) is 9.59 Å². The lowest BCUT2D eigenvalue weighted by Crippen LogP contribution is -2.41. The molecule has 170 valence electrons. The average molecular weight is 440 g/mol. The van der Waals surface area contributed by atoms with Gasteiger partial charge in [-0.05, 0) is 29.8 Å². The molecule has 0 fully saturated rings. The fraction of sp³-hybridized carbons (Fsp3) is 0.375. The number of ether oxygens (including phenoxy) is 3. The van der Waals surface area contributed by atoms with Crippen LogP contribution in [0.5, 0.6) is 11.5 Å².